The van der Waals surface area contributed by atoms with Crippen LogP contribution in [0.5, 0.6) is 11.5 Å². The molecular formula is C28H23F3O3. The number of benzene rings is 4. The first-order valence-electron chi connectivity index (χ1n) is 10.8. The van der Waals surface area contributed by atoms with Crippen molar-refractivity contribution in [1.29, 1.82) is 0 Å². The van der Waals surface area contributed by atoms with Crippen molar-refractivity contribution in [3.05, 3.63) is 107 Å². The zero-order chi connectivity index (χ0) is 24.1. The maximum absolute atomic E-state index is 14.9. The number of aliphatic hydroxyl groups excluding tert-OH is 1. The van der Waals surface area contributed by atoms with Crippen LogP contribution < -0.4 is 9.47 Å². The van der Waals surface area contributed by atoms with E-state index < -0.39 is 17.5 Å². The van der Waals surface area contributed by atoms with Crippen LogP contribution in [0.15, 0.2) is 78.9 Å². The molecule has 4 aromatic carbocycles. The van der Waals surface area contributed by atoms with Crippen LogP contribution >= 0.6 is 0 Å². The number of halogens is 3. The van der Waals surface area contributed by atoms with Gasteiger partial charge in [0, 0.05) is 22.8 Å². The summed E-state index contributed by atoms with van der Waals surface area (Å²) in [6.45, 7) is 2.17. The monoisotopic (exact) mass is 464 g/mol. The topological polar surface area (TPSA) is 38.7 Å². The second-order valence-corrected chi connectivity index (χ2v) is 7.64. The second kappa shape index (κ2) is 10.4. The molecule has 0 fully saturated rings. The highest BCUT2D eigenvalue weighted by atomic mass is 19.2. The van der Waals surface area contributed by atoms with Crippen LogP contribution in [0.1, 0.15) is 18.1 Å². The Kier molecular flexibility index (Phi) is 7.18. The fourth-order valence-corrected chi connectivity index (χ4v) is 3.58. The molecule has 1 N–H and O–H groups in total. The van der Waals surface area contributed by atoms with Gasteiger partial charge in [-0.1, -0.05) is 48.5 Å². The van der Waals surface area contributed by atoms with Gasteiger partial charge in [-0.05, 0) is 47.9 Å². The van der Waals surface area contributed by atoms with E-state index in [2.05, 4.69) is 0 Å². The largest absolute Gasteiger partial charge is 0.494 e. The van der Waals surface area contributed by atoms with Gasteiger partial charge in [0.05, 0.1) is 13.2 Å². The summed E-state index contributed by atoms with van der Waals surface area (Å²) >= 11 is 0. The molecule has 0 radical (unpaired) electrons. The summed E-state index contributed by atoms with van der Waals surface area (Å²) in [4.78, 5) is 0. The molecule has 174 valence electrons. The highest BCUT2D eigenvalue weighted by Crippen LogP contribution is 2.32. The lowest BCUT2D eigenvalue weighted by molar-refractivity contribution is 0.282. The van der Waals surface area contributed by atoms with Crippen LogP contribution in [0, 0.1) is 17.5 Å². The molecule has 0 spiro atoms. The predicted octanol–water partition coefficient (Wildman–Crippen LogP) is 6.91. The summed E-state index contributed by atoms with van der Waals surface area (Å²) in [6.07, 6.45) is 0. The molecule has 6 heteroatoms. The van der Waals surface area contributed by atoms with E-state index in [1.807, 2.05) is 6.92 Å². The maximum atomic E-state index is 14.9. The second-order valence-electron chi connectivity index (χ2n) is 7.64. The van der Waals surface area contributed by atoms with E-state index in [-0.39, 0.29) is 24.3 Å². The van der Waals surface area contributed by atoms with Crippen molar-refractivity contribution in [2.75, 3.05) is 6.61 Å². The summed E-state index contributed by atoms with van der Waals surface area (Å²) in [5.74, 6) is -1.39. The molecular weight excluding hydrogens is 441 g/mol. The minimum atomic E-state index is -0.950. The van der Waals surface area contributed by atoms with Crippen molar-refractivity contribution < 1.29 is 27.8 Å². The van der Waals surface area contributed by atoms with E-state index >= 15 is 0 Å². The normalized spacial score (nSPS) is 10.9. The van der Waals surface area contributed by atoms with Crippen LogP contribution in [0.4, 0.5) is 13.2 Å². The highest BCUT2D eigenvalue weighted by Gasteiger charge is 2.16. The van der Waals surface area contributed by atoms with E-state index in [0.717, 1.165) is 0 Å². The van der Waals surface area contributed by atoms with Crippen LogP contribution in [-0.4, -0.2) is 11.7 Å². The molecule has 0 amide bonds. The van der Waals surface area contributed by atoms with Crippen molar-refractivity contribution in [3.8, 4) is 33.8 Å². The van der Waals surface area contributed by atoms with Crippen molar-refractivity contribution in [2.24, 2.45) is 0 Å². The third-order valence-electron chi connectivity index (χ3n) is 5.43. The molecule has 4 aromatic rings. The Bertz CT molecular complexity index is 1270. The fraction of sp³-hybridized carbons (Fsp3) is 0.143. The Morgan fingerprint density at radius 2 is 1.24 bits per heavy atom. The third kappa shape index (κ3) is 5.07. The number of rotatable bonds is 8. The minimum absolute atomic E-state index is 0.0182. The standard InChI is InChI=1S/C28H23F3O3/c1-2-33-23-12-9-21(26(29)15-23)17-34-22-10-7-20(8-11-22)25-14-13-24(27(30)28(25)31)19-5-3-18(16-32)4-6-19/h3-15,32H,2,16-17H2,1H3. The van der Waals surface area contributed by atoms with Gasteiger partial charge >= 0.3 is 0 Å². The Balaban J connectivity index is 1.48. The summed E-state index contributed by atoms with van der Waals surface area (Å²) in [5.41, 5.74) is 2.33. The van der Waals surface area contributed by atoms with Gasteiger partial charge in [-0.3, -0.25) is 0 Å². The molecule has 0 aromatic heterocycles. The quantitative estimate of drug-likeness (QED) is 0.308. The highest BCUT2D eigenvalue weighted by molar-refractivity contribution is 5.72. The van der Waals surface area contributed by atoms with E-state index in [1.165, 1.54) is 18.2 Å². The third-order valence-corrected chi connectivity index (χ3v) is 5.43. The van der Waals surface area contributed by atoms with Crippen molar-refractivity contribution in [1.82, 2.24) is 0 Å². The Morgan fingerprint density at radius 3 is 1.76 bits per heavy atom. The molecule has 0 unspecified atom stereocenters. The molecule has 0 aliphatic rings. The number of ether oxygens (including phenoxy) is 2. The molecule has 4 rings (SSSR count). The average Bonchev–Trinajstić information content (AvgIpc) is 2.86. The zero-order valence-electron chi connectivity index (χ0n) is 18.5. The molecule has 0 heterocycles. The van der Waals surface area contributed by atoms with Crippen molar-refractivity contribution >= 4 is 0 Å². The zero-order valence-corrected chi connectivity index (χ0v) is 18.5. The van der Waals surface area contributed by atoms with Gasteiger partial charge in [0.2, 0.25) is 0 Å². The van der Waals surface area contributed by atoms with Gasteiger partial charge in [-0.25, -0.2) is 13.2 Å². The lowest BCUT2D eigenvalue weighted by Gasteiger charge is -2.11. The molecule has 0 atom stereocenters. The molecule has 0 saturated carbocycles. The maximum Gasteiger partial charge on any atom is 0.167 e. The van der Waals surface area contributed by atoms with Crippen molar-refractivity contribution in [2.45, 2.75) is 20.1 Å². The summed E-state index contributed by atoms with van der Waals surface area (Å²) in [5, 5.41) is 9.15. The minimum Gasteiger partial charge on any atom is -0.494 e. The van der Waals surface area contributed by atoms with Crippen molar-refractivity contribution in [3.63, 3.8) is 0 Å². The molecule has 0 aliphatic heterocycles. The van der Waals surface area contributed by atoms with Gasteiger partial charge in [-0.2, -0.15) is 0 Å². The molecule has 0 aliphatic carbocycles. The summed E-state index contributed by atoms with van der Waals surface area (Å²) in [7, 11) is 0. The summed E-state index contributed by atoms with van der Waals surface area (Å²) in [6, 6.07) is 20.8. The number of hydrogen-bond donors (Lipinski definition) is 1. The number of aliphatic hydroxyl groups is 1. The Morgan fingerprint density at radius 1 is 0.676 bits per heavy atom. The predicted molar refractivity (Wildman–Crippen MR) is 125 cm³/mol. The lowest BCUT2D eigenvalue weighted by atomic mass is 9.98. The molecule has 3 nitrogen and oxygen atoms in total. The van der Waals surface area contributed by atoms with Crippen LogP contribution in [0.3, 0.4) is 0 Å². The van der Waals surface area contributed by atoms with E-state index in [4.69, 9.17) is 14.6 Å². The van der Waals surface area contributed by atoms with Gasteiger partial charge in [-0.15, -0.1) is 0 Å². The Labute approximate surface area is 196 Å². The van der Waals surface area contributed by atoms with E-state index in [1.54, 1.807) is 60.7 Å². The molecule has 0 bridgehead atoms. The number of hydrogen-bond acceptors (Lipinski definition) is 3. The van der Waals surface area contributed by atoms with Gasteiger partial charge < -0.3 is 14.6 Å². The molecule has 0 saturated heterocycles. The summed E-state index contributed by atoms with van der Waals surface area (Å²) < 4.78 is 54.8. The van der Waals surface area contributed by atoms with Crippen LogP contribution in [-0.2, 0) is 13.2 Å². The van der Waals surface area contributed by atoms with Crippen LogP contribution in [0.2, 0.25) is 0 Å². The fourth-order valence-electron chi connectivity index (χ4n) is 3.58. The first-order valence-corrected chi connectivity index (χ1v) is 10.8. The SMILES string of the molecule is CCOc1ccc(COc2ccc(-c3ccc(-c4ccc(CO)cc4)c(F)c3F)cc2)c(F)c1. The van der Waals surface area contributed by atoms with Crippen LogP contribution in [0.25, 0.3) is 22.3 Å². The van der Waals surface area contributed by atoms with Gasteiger partial charge in [0.1, 0.15) is 23.9 Å². The van der Waals surface area contributed by atoms with E-state index in [9.17, 15) is 13.2 Å². The van der Waals surface area contributed by atoms with E-state index in [0.29, 0.717) is 40.4 Å². The Hall–Kier alpha value is -3.77. The average molecular weight is 464 g/mol. The van der Waals surface area contributed by atoms with Gasteiger partial charge in [0.15, 0.2) is 11.6 Å². The van der Waals surface area contributed by atoms with Gasteiger partial charge in [0.25, 0.3) is 0 Å². The smallest absolute Gasteiger partial charge is 0.167 e. The first-order chi connectivity index (χ1) is 16.5. The lowest BCUT2D eigenvalue weighted by Crippen LogP contribution is -2.00. The molecule has 34 heavy (non-hydrogen) atoms. The first kappa shape index (κ1) is 23.4.